The van der Waals surface area contributed by atoms with Gasteiger partial charge >= 0.3 is 0 Å². The van der Waals surface area contributed by atoms with Crippen LogP contribution in [-0.4, -0.2) is 30.1 Å². The van der Waals surface area contributed by atoms with Crippen molar-refractivity contribution in [1.29, 1.82) is 0 Å². The van der Waals surface area contributed by atoms with E-state index in [1.807, 2.05) is 18.2 Å². The third kappa shape index (κ3) is 5.44. The number of nitrogens with one attached hydrogen (secondary N) is 1. The molecule has 0 aliphatic carbocycles. The molecule has 2 aromatic rings. The summed E-state index contributed by atoms with van der Waals surface area (Å²) < 4.78 is 0. The first-order valence-corrected chi connectivity index (χ1v) is 8.38. The topological polar surface area (TPSA) is 49.4 Å². The van der Waals surface area contributed by atoms with E-state index < -0.39 is 0 Å². The van der Waals surface area contributed by atoms with Gasteiger partial charge in [-0.25, -0.2) is 0 Å². The molecule has 0 atom stereocenters. The normalized spacial score (nSPS) is 10.6. The molecule has 0 aliphatic rings. The Morgan fingerprint density at radius 3 is 2.58 bits per heavy atom. The summed E-state index contributed by atoms with van der Waals surface area (Å²) in [6, 6.07) is 14.4. The number of carbonyl (C=O) groups excluding carboxylic acids is 2. The number of benzene rings is 2. The van der Waals surface area contributed by atoms with E-state index >= 15 is 0 Å². The van der Waals surface area contributed by atoms with Crippen LogP contribution < -0.4 is 5.32 Å². The number of para-hydroxylation sites is 1. The number of hydrogen-bond donors (Lipinski definition) is 1. The predicted molar refractivity (Wildman–Crippen MR) is 100 cm³/mol. The van der Waals surface area contributed by atoms with Gasteiger partial charge in [0, 0.05) is 30.1 Å². The van der Waals surface area contributed by atoms with Crippen molar-refractivity contribution in [3.63, 3.8) is 0 Å². The molecular formula is C18H17ClN2O2S. The molecule has 6 heteroatoms. The van der Waals surface area contributed by atoms with Gasteiger partial charge in [0.2, 0.25) is 5.91 Å². The lowest BCUT2D eigenvalue weighted by atomic mass is 10.2. The van der Waals surface area contributed by atoms with Gasteiger partial charge in [-0.15, -0.1) is 0 Å². The molecule has 1 N–H and O–H groups in total. The lowest BCUT2D eigenvalue weighted by Crippen LogP contribution is -2.16. The minimum absolute atomic E-state index is 0.105. The van der Waals surface area contributed by atoms with Crippen molar-refractivity contribution >= 4 is 46.3 Å². The Morgan fingerprint density at radius 2 is 1.88 bits per heavy atom. The highest BCUT2D eigenvalue weighted by Gasteiger charge is 2.11. The summed E-state index contributed by atoms with van der Waals surface area (Å²) in [5.41, 5.74) is 1.43. The number of anilines is 1. The van der Waals surface area contributed by atoms with Crippen molar-refractivity contribution < 1.29 is 9.59 Å². The molecule has 0 fully saturated rings. The average molecular weight is 361 g/mol. The molecule has 0 unspecified atom stereocenters. The molecule has 2 amide bonds. The molecule has 0 heterocycles. The van der Waals surface area contributed by atoms with Crippen LogP contribution in [0.2, 0.25) is 5.02 Å². The van der Waals surface area contributed by atoms with Crippen molar-refractivity contribution in [2.24, 2.45) is 0 Å². The number of nitrogens with zero attached hydrogens (tertiary/aromatic N) is 1. The predicted octanol–water partition coefficient (Wildman–Crippen LogP) is 4.77. The van der Waals surface area contributed by atoms with Crippen LogP contribution in [0.1, 0.15) is 5.56 Å². The number of carbonyl (C=O) groups is 2. The number of halogens is 1. The molecule has 24 heavy (non-hydrogen) atoms. The Bertz CT molecular complexity index is 775. The summed E-state index contributed by atoms with van der Waals surface area (Å²) in [5.74, 6) is -0.277. The fourth-order valence-corrected chi connectivity index (χ4v) is 2.75. The van der Waals surface area contributed by atoms with Crippen LogP contribution >= 0.6 is 23.4 Å². The van der Waals surface area contributed by atoms with Gasteiger partial charge in [0.15, 0.2) is 0 Å². The Morgan fingerprint density at radius 1 is 1.12 bits per heavy atom. The van der Waals surface area contributed by atoms with Gasteiger partial charge in [0.1, 0.15) is 0 Å². The zero-order valence-electron chi connectivity index (χ0n) is 13.3. The Labute approximate surface area is 150 Å². The molecule has 0 spiro atoms. The average Bonchev–Trinajstić information content (AvgIpc) is 2.54. The second-order valence-corrected chi connectivity index (χ2v) is 6.57. The standard InChI is InChI=1S/C18H17ClN2O2S/c1-21(2)18(23)24-16-9-4-3-8-15(16)20-17(22)11-10-13-6-5-7-14(19)12-13/h3-12H,1-2H3,(H,20,22)/b11-10+. The van der Waals surface area contributed by atoms with E-state index in [1.165, 1.54) is 11.0 Å². The molecule has 0 saturated heterocycles. The minimum Gasteiger partial charge on any atom is -0.339 e. The van der Waals surface area contributed by atoms with Crippen LogP contribution in [-0.2, 0) is 4.79 Å². The maximum atomic E-state index is 12.1. The number of amides is 2. The van der Waals surface area contributed by atoms with Gasteiger partial charge in [-0.2, -0.15) is 0 Å². The van der Waals surface area contributed by atoms with Crippen molar-refractivity contribution in [3.05, 3.63) is 65.2 Å². The summed E-state index contributed by atoms with van der Waals surface area (Å²) >= 11 is 6.98. The van der Waals surface area contributed by atoms with E-state index in [0.29, 0.717) is 15.6 Å². The van der Waals surface area contributed by atoms with E-state index in [2.05, 4.69) is 5.32 Å². The van der Waals surface area contributed by atoms with E-state index in [-0.39, 0.29) is 11.1 Å². The molecule has 2 rings (SSSR count). The molecule has 0 aromatic heterocycles. The van der Waals surface area contributed by atoms with Gasteiger partial charge < -0.3 is 10.2 Å². The lowest BCUT2D eigenvalue weighted by Gasteiger charge is -2.12. The van der Waals surface area contributed by atoms with Crippen molar-refractivity contribution in [3.8, 4) is 0 Å². The molecule has 0 saturated carbocycles. The van der Waals surface area contributed by atoms with Crippen LogP contribution in [0.3, 0.4) is 0 Å². The van der Waals surface area contributed by atoms with Crippen LogP contribution in [0.25, 0.3) is 6.08 Å². The first-order valence-electron chi connectivity index (χ1n) is 7.18. The van der Waals surface area contributed by atoms with Gasteiger partial charge in [-0.1, -0.05) is 35.9 Å². The highest BCUT2D eigenvalue weighted by atomic mass is 35.5. The molecular weight excluding hydrogens is 344 g/mol. The largest absolute Gasteiger partial charge is 0.339 e. The fraction of sp³-hybridized carbons (Fsp3) is 0.111. The van der Waals surface area contributed by atoms with Crippen LogP contribution in [0.5, 0.6) is 0 Å². The SMILES string of the molecule is CN(C)C(=O)Sc1ccccc1NC(=O)/C=C/c1cccc(Cl)c1. The summed E-state index contributed by atoms with van der Waals surface area (Å²) in [7, 11) is 3.37. The van der Waals surface area contributed by atoms with E-state index in [9.17, 15) is 9.59 Å². The smallest absolute Gasteiger partial charge is 0.286 e. The molecule has 0 bridgehead atoms. The van der Waals surface area contributed by atoms with Crippen molar-refractivity contribution in [2.45, 2.75) is 4.90 Å². The Balaban J connectivity index is 2.07. The van der Waals surface area contributed by atoms with Gasteiger partial charge in [-0.3, -0.25) is 9.59 Å². The zero-order valence-corrected chi connectivity index (χ0v) is 14.9. The molecule has 0 radical (unpaired) electrons. The Kier molecular flexibility index (Phi) is 6.46. The number of rotatable bonds is 4. The molecule has 0 aliphatic heterocycles. The summed E-state index contributed by atoms with van der Waals surface area (Å²) in [4.78, 5) is 26.1. The molecule has 124 valence electrons. The van der Waals surface area contributed by atoms with E-state index in [0.717, 1.165) is 17.3 Å². The maximum Gasteiger partial charge on any atom is 0.286 e. The summed E-state index contributed by atoms with van der Waals surface area (Å²) in [6.45, 7) is 0. The van der Waals surface area contributed by atoms with Gasteiger partial charge in [0.05, 0.1) is 5.69 Å². The number of hydrogen-bond acceptors (Lipinski definition) is 3. The maximum absolute atomic E-state index is 12.1. The second kappa shape index (κ2) is 8.57. The minimum atomic E-state index is -0.277. The Hall–Kier alpha value is -2.24. The summed E-state index contributed by atoms with van der Waals surface area (Å²) in [5, 5.41) is 3.30. The van der Waals surface area contributed by atoms with Crippen LogP contribution in [0.4, 0.5) is 10.5 Å². The zero-order chi connectivity index (χ0) is 17.5. The van der Waals surface area contributed by atoms with Crippen LogP contribution in [0.15, 0.2) is 59.5 Å². The highest BCUT2D eigenvalue weighted by molar-refractivity contribution is 8.13. The van der Waals surface area contributed by atoms with E-state index in [1.54, 1.807) is 50.5 Å². The van der Waals surface area contributed by atoms with Gasteiger partial charge in [-0.05, 0) is 47.7 Å². The third-order valence-electron chi connectivity index (χ3n) is 2.98. The fourth-order valence-electron chi connectivity index (χ4n) is 1.80. The lowest BCUT2D eigenvalue weighted by molar-refractivity contribution is -0.111. The monoisotopic (exact) mass is 360 g/mol. The first kappa shape index (κ1) is 18.1. The number of thioether (sulfide) groups is 1. The first-order chi connectivity index (χ1) is 11.5. The summed E-state index contributed by atoms with van der Waals surface area (Å²) in [6.07, 6.45) is 3.11. The second-order valence-electron chi connectivity index (χ2n) is 5.14. The highest BCUT2D eigenvalue weighted by Crippen LogP contribution is 2.28. The quantitative estimate of drug-likeness (QED) is 0.631. The third-order valence-corrected chi connectivity index (χ3v) is 4.33. The van der Waals surface area contributed by atoms with Gasteiger partial charge in [0.25, 0.3) is 5.24 Å². The molecule has 2 aromatic carbocycles. The van der Waals surface area contributed by atoms with Crippen molar-refractivity contribution in [1.82, 2.24) is 4.90 Å². The van der Waals surface area contributed by atoms with Crippen molar-refractivity contribution in [2.75, 3.05) is 19.4 Å². The molecule has 4 nitrogen and oxygen atoms in total. The van der Waals surface area contributed by atoms with E-state index in [4.69, 9.17) is 11.6 Å². The van der Waals surface area contributed by atoms with Crippen LogP contribution in [0, 0.1) is 0 Å².